The molecule has 2 amide bonds. The fraction of sp³-hybridized carbons (Fsp3) is 0.667. The van der Waals surface area contributed by atoms with Gasteiger partial charge in [0.2, 0.25) is 5.91 Å². The van der Waals surface area contributed by atoms with Gasteiger partial charge in [-0.05, 0) is 24.8 Å². The van der Waals surface area contributed by atoms with Gasteiger partial charge >= 0.3 is 0 Å². The van der Waals surface area contributed by atoms with Crippen LogP contribution in [0, 0.1) is 5.92 Å². The van der Waals surface area contributed by atoms with Crippen LogP contribution in [0.4, 0.5) is 0 Å². The third-order valence-electron chi connectivity index (χ3n) is 4.87. The summed E-state index contributed by atoms with van der Waals surface area (Å²) in [5.41, 5.74) is -0.0215. The minimum atomic E-state index is -0.613. The van der Waals surface area contributed by atoms with Crippen molar-refractivity contribution in [3.8, 4) is 0 Å². The maximum Gasteiger partial charge on any atom is 0.270 e. The minimum Gasteiger partial charge on any atom is -0.381 e. The topological polar surface area (TPSA) is 96.5 Å². The summed E-state index contributed by atoms with van der Waals surface area (Å²) in [7, 11) is 0. The Bertz CT molecular complexity index is 631. The number of carbonyl (C=O) groups is 2. The zero-order chi connectivity index (χ0) is 18.6. The van der Waals surface area contributed by atoms with Crippen LogP contribution in [-0.4, -0.2) is 71.1 Å². The monoisotopic (exact) mass is 361 g/mol. The van der Waals surface area contributed by atoms with Gasteiger partial charge in [-0.2, -0.15) is 0 Å². The van der Waals surface area contributed by atoms with Crippen molar-refractivity contribution in [1.82, 2.24) is 25.5 Å². The molecule has 0 bridgehead atoms. The fourth-order valence-corrected chi connectivity index (χ4v) is 3.69. The van der Waals surface area contributed by atoms with E-state index in [0.29, 0.717) is 25.7 Å². The van der Waals surface area contributed by atoms with Crippen LogP contribution in [0.5, 0.6) is 0 Å². The molecule has 26 heavy (non-hydrogen) atoms. The van der Waals surface area contributed by atoms with E-state index in [2.05, 4.69) is 39.3 Å². The van der Waals surface area contributed by atoms with E-state index in [1.807, 2.05) is 0 Å². The number of hydrogen-bond acceptors (Lipinski definition) is 6. The number of nitrogens with zero attached hydrogens (tertiary/aromatic N) is 3. The Kier molecular flexibility index (Phi) is 5.83. The molecule has 2 N–H and O–H groups in total. The van der Waals surface area contributed by atoms with Crippen molar-refractivity contribution in [2.24, 2.45) is 5.92 Å². The quantitative estimate of drug-likeness (QED) is 0.796. The van der Waals surface area contributed by atoms with Crippen LogP contribution in [-0.2, 0) is 9.53 Å². The molecule has 3 rings (SSSR count). The second-order valence-electron chi connectivity index (χ2n) is 7.59. The van der Waals surface area contributed by atoms with Gasteiger partial charge < -0.3 is 15.4 Å². The standard InChI is InChI=1S/C18H27N5O3/c1-13(2)9-23-10-15(21-16(24)14-3-6-19-12-20-14)17(25)22-18(11-23)4-7-26-8-5-18/h3,6,12-13,15H,4-5,7-11H2,1-2H3,(H,21,24)(H,22,25). The average Bonchev–Trinajstić information content (AvgIpc) is 2.72. The molecule has 8 nitrogen and oxygen atoms in total. The molecule has 2 aliphatic rings. The third-order valence-corrected chi connectivity index (χ3v) is 4.87. The Morgan fingerprint density at radius 3 is 2.88 bits per heavy atom. The van der Waals surface area contributed by atoms with Gasteiger partial charge in [0.25, 0.3) is 5.91 Å². The largest absolute Gasteiger partial charge is 0.381 e. The molecule has 0 saturated carbocycles. The number of hydrogen-bond donors (Lipinski definition) is 2. The fourth-order valence-electron chi connectivity index (χ4n) is 3.69. The van der Waals surface area contributed by atoms with Gasteiger partial charge in [0.1, 0.15) is 18.1 Å². The van der Waals surface area contributed by atoms with E-state index in [9.17, 15) is 9.59 Å². The summed E-state index contributed by atoms with van der Waals surface area (Å²) in [4.78, 5) is 35.4. The van der Waals surface area contributed by atoms with Gasteiger partial charge in [-0.15, -0.1) is 0 Å². The van der Waals surface area contributed by atoms with E-state index in [1.165, 1.54) is 18.6 Å². The molecule has 0 aromatic carbocycles. The zero-order valence-electron chi connectivity index (χ0n) is 15.4. The first kappa shape index (κ1) is 18.7. The lowest BCUT2D eigenvalue weighted by Gasteiger charge is -2.39. The Hall–Kier alpha value is -2.06. The van der Waals surface area contributed by atoms with Crippen LogP contribution >= 0.6 is 0 Å². The highest BCUT2D eigenvalue weighted by molar-refractivity contribution is 5.96. The normalized spacial score (nSPS) is 23.5. The number of ether oxygens (including phenoxy) is 1. The van der Waals surface area contributed by atoms with E-state index in [-0.39, 0.29) is 23.0 Å². The molecule has 2 saturated heterocycles. The maximum atomic E-state index is 12.9. The second-order valence-corrected chi connectivity index (χ2v) is 7.59. The van der Waals surface area contributed by atoms with E-state index in [4.69, 9.17) is 4.74 Å². The lowest BCUT2D eigenvalue weighted by Crippen LogP contribution is -2.57. The summed E-state index contributed by atoms with van der Waals surface area (Å²) < 4.78 is 5.48. The minimum absolute atomic E-state index is 0.138. The number of rotatable bonds is 4. The molecule has 1 atom stereocenters. The van der Waals surface area contributed by atoms with E-state index in [0.717, 1.165) is 25.9 Å². The van der Waals surface area contributed by atoms with Gasteiger partial charge in [0.05, 0.1) is 5.54 Å². The molecule has 142 valence electrons. The second kappa shape index (κ2) is 8.09. The van der Waals surface area contributed by atoms with Crippen molar-refractivity contribution in [1.29, 1.82) is 0 Å². The number of nitrogens with one attached hydrogen (secondary N) is 2. The van der Waals surface area contributed by atoms with Crippen LogP contribution in [0.2, 0.25) is 0 Å². The lowest BCUT2D eigenvalue weighted by molar-refractivity contribution is -0.125. The van der Waals surface area contributed by atoms with Crippen LogP contribution in [0.15, 0.2) is 18.6 Å². The molecular weight excluding hydrogens is 334 g/mol. The molecule has 0 radical (unpaired) electrons. The maximum absolute atomic E-state index is 12.9. The van der Waals surface area contributed by atoms with E-state index >= 15 is 0 Å². The Labute approximate surface area is 153 Å². The third kappa shape index (κ3) is 4.56. The summed E-state index contributed by atoms with van der Waals surface area (Å²) >= 11 is 0. The summed E-state index contributed by atoms with van der Waals surface area (Å²) in [5.74, 6) is -0.0288. The Balaban J connectivity index is 1.76. The summed E-state index contributed by atoms with van der Waals surface area (Å²) in [6.45, 7) is 7.75. The SMILES string of the molecule is CC(C)CN1CC(NC(=O)c2ccncn2)C(=O)NC2(CCOCC2)C1. The highest BCUT2D eigenvalue weighted by Gasteiger charge is 2.41. The average molecular weight is 361 g/mol. The molecule has 2 aliphatic heterocycles. The highest BCUT2D eigenvalue weighted by Crippen LogP contribution is 2.25. The Morgan fingerprint density at radius 2 is 2.23 bits per heavy atom. The van der Waals surface area contributed by atoms with E-state index in [1.54, 1.807) is 0 Å². The zero-order valence-corrected chi connectivity index (χ0v) is 15.4. The molecule has 8 heteroatoms. The van der Waals surface area contributed by atoms with Gasteiger partial charge in [0.15, 0.2) is 0 Å². The van der Waals surface area contributed by atoms with Gasteiger partial charge in [0, 0.05) is 39.0 Å². The van der Waals surface area contributed by atoms with Crippen LogP contribution < -0.4 is 10.6 Å². The van der Waals surface area contributed by atoms with Crippen molar-refractivity contribution in [3.63, 3.8) is 0 Å². The number of amides is 2. The molecular formula is C18H27N5O3. The number of carbonyl (C=O) groups excluding carboxylic acids is 2. The van der Waals surface area contributed by atoms with Crippen molar-refractivity contribution < 1.29 is 14.3 Å². The van der Waals surface area contributed by atoms with Crippen LogP contribution in [0.3, 0.4) is 0 Å². The number of aromatic nitrogens is 2. The molecule has 1 aromatic heterocycles. The predicted octanol–water partition coefficient (Wildman–Crippen LogP) is 0.212. The highest BCUT2D eigenvalue weighted by atomic mass is 16.5. The predicted molar refractivity (Wildman–Crippen MR) is 95.5 cm³/mol. The molecule has 0 aliphatic carbocycles. The summed E-state index contributed by atoms with van der Waals surface area (Å²) in [5, 5.41) is 6.03. The van der Waals surface area contributed by atoms with Crippen LogP contribution in [0.1, 0.15) is 37.2 Å². The molecule has 1 aromatic rings. The van der Waals surface area contributed by atoms with Crippen molar-refractivity contribution in [2.45, 2.75) is 38.3 Å². The van der Waals surface area contributed by atoms with E-state index < -0.39 is 6.04 Å². The first-order valence-electron chi connectivity index (χ1n) is 9.16. The molecule has 2 fully saturated rings. The summed E-state index contributed by atoms with van der Waals surface area (Å²) in [6.07, 6.45) is 4.42. The van der Waals surface area contributed by atoms with Gasteiger partial charge in [-0.25, -0.2) is 9.97 Å². The van der Waals surface area contributed by atoms with Crippen molar-refractivity contribution >= 4 is 11.8 Å². The van der Waals surface area contributed by atoms with Crippen molar-refractivity contribution in [2.75, 3.05) is 32.8 Å². The van der Waals surface area contributed by atoms with Gasteiger partial charge in [-0.1, -0.05) is 13.8 Å². The molecule has 1 unspecified atom stereocenters. The lowest BCUT2D eigenvalue weighted by atomic mass is 9.89. The molecule has 3 heterocycles. The first-order valence-corrected chi connectivity index (χ1v) is 9.16. The van der Waals surface area contributed by atoms with Crippen LogP contribution in [0.25, 0.3) is 0 Å². The van der Waals surface area contributed by atoms with Gasteiger partial charge in [-0.3, -0.25) is 14.5 Å². The Morgan fingerprint density at radius 1 is 1.46 bits per heavy atom. The first-order chi connectivity index (χ1) is 12.5. The smallest absolute Gasteiger partial charge is 0.270 e. The molecule has 1 spiro atoms. The van der Waals surface area contributed by atoms with Crippen molar-refractivity contribution in [3.05, 3.63) is 24.3 Å². The summed E-state index contributed by atoms with van der Waals surface area (Å²) in [6, 6.07) is 0.925.